The van der Waals surface area contributed by atoms with Gasteiger partial charge in [-0.3, -0.25) is 4.79 Å². The molecule has 0 saturated carbocycles. The summed E-state index contributed by atoms with van der Waals surface area (Å²) in [6, 6.07) is 15.3. The molecule has 0 unspecified atom stereocenters. The number of nitrogens with zero attached hydrogens (tertiary/aromatic N) is 1. The van der Waals surface area contributed by atoms with E-state index < -0.39 is 15.6 Å². The second-order valence-electron chi connectivity index (χ2n) is 7.66. The molecule has 0 saturated heterocycles. The molecule has 1 aromatic heterocycles. The van der Waals surface area contributed by atoms with E-state index in [4.69, 9.17) is 9.15 Å². The number of hydrogen-bond donors (Lipinski definition) is 0. The summed E-state index contributed by atoms with van der Waals surface area (Å²) in [5.41, 5.74) is 3.33. The smallest absolute Gasteiger partial charge is 0.226 e. The molecule has 0 amide bonds. The molecule has 0 aliphatic carbocycles. The van der Waals surface area contributed by atoms with E-state index in [1.807, 2.05) is 55.5 Å². The number of Topliss-reactive ketones (excluding diaryl/α,β-unsaturated/α-hetero) is 1. The van der Waals surface area contributed by atoms with Gasteiger partial charge in [0.2, 0.25) is 5.89 Å². The first-order valence-electron chi connectivity index (χ1n) is 10.1. The van der Waals surface area contributed by atoms with Crippen molar-refractivity contribution in [3.05, 3.63) is 71.1 Å². The minimum atomic E-state index is -3.62. The van der Waals surface area contributed by atoms with E-state index in [1.165, 1.54) is 0 Å². The summed E-state index contributed by atoms with van der Waals surface area (Å²) in [5, 5.41) is 0. The van der Waals surface area contributed by atoms with Gasteiger partial charge in [0.15, 0.2) is 9.84 Å². The second kappa shape index (κ2) is 9.92. The van der Waals surface area contributed by atoms with Gasteiger partial charge in [0.1, 0.15) is 23.0 Å². The summed E-state index contributed by atoms with van der Waals surface area (Å²) in [6.07, 6.45) is 1.52. The average molecular weight is 442 g/mol. The molecule has 0 bridgehead atoms. The van der Waals surface area contributed by atoms with E-state index in [-0.39, 0.29) is 18.0 Å². The third kappa shape index (κ3) is 6.52. The molecule has 3 aromatic rings. The number of carbonyl (C=O) groups is 1. The Morgan fingerprint density at radius 1 is 1.03 bits per heavy atom. The van der Waals surface area contributed by atoms with Crippen LogP contribution < -0.4 is 4.74 Å². The summed E-state index contributed by atoms with van der Waals surface area (Å²) >= 11 is 0. The molecule has 0 spiro atoms. The number of carbonyl (C=O) groups excluding carboxylic acids is 1. The molecule has 0 aliphatic rings. The zero-order chi connectivity index (χ0) is 22.4. The molecule has 0 aliphatic heterocycles. The van der Waals surface area contributed by atoms with Crippen LogP contribution in [-0.4, -0.2) is 32.0 Å². The molecule has 2 aromatic carbocycles. The molecule has 0 fully saturated rings. The Morgan fingerprint density at radius 3 is 2.35 bits per heavy atom. The molecular weight excluding hydrogens is 414 g/mol. The monoisotopic (exact) mass is 441 g/mol. The lowest BCUT2D eigenvalue weighted by atomic mass is 10.1. The number of methoxy groups -OCH3 is 1. The van der Waals surface area contributed by atoms with Crippen molar-refractivity contribution < 1.29 is 22.4 Å². The Hall–Kier alpha value is -2.93. The van der Waals surface area contributed by atoms with Gasteiger partial charge in [0, 0.05) is 12.0 Å². The molecule has 7 heteroatoms. The van der Waals surface area contributed by atoms with Crippen molar-refractivity contribution in [1.29, 1.82) is 0 Å². The zero-order valence-electron chi connectivity index (χ0n) is 18.1. The largest absolute Gasteiger partial charge is 0.497 e. The first-order chi connectivity index (χ1) is 14.8. The molecule has 164 valence electrons. The lowest BCUT2D eigenvalue weighted by Crippen LogP contribution is -2.18. The number of ketones is 1. The van der Waals surface area contributed by atoms with Crippen LogP contribution in [0.4, 0.5) is 0 Å². The Bertz CT molecular complexity index is 1130. The molecule has 0 atom stereocenters. The van der Waals surface area contributed by atoms with E-state index in [9.17, 15) is 13.2 Å². The highest BCUT2D eigenvalue weighted by molar-refractivity contribution is 7.91. The summed E-state index contributed by atoms with van der Waals surface area (Å²) < 4.78 is 35.9. The molecule has 0 radical (unpaired) electrons. The SMILES string of the molecule is COc1ccc(CCCC(=O)CS(=O)(=O)Cc2nc(-c3ccc(C)cc3)oc2C)cc1. The van der Waals surface area contributed by atoms with Gasteiger partial charge in [-0.1, -0.05) is 29.8 Å². The average Bonchev–Trinajstić information content (AvgIpc) is 3.08. The number of aromatic nitrogens is 1. The van der Waals surface area contributed by atoms with Gasteiger partial charge in [-0.25, -0.2) is 13.4 Å². The Kier molecular flexibility index (Phi) is 7.28. The Balaban J connectivity index is 1.54. The van der Waals surface area contributed by atoms with Gasteiger partial charge >= 0.3 is 0 Å². The van der Waals surface area contributed by atoms with Crippen LogP contribution in [0.15, 0.2) is 52.9 Å². The Morgan fingerprint density at radius 2 is 1.71 bits per heavy atom. The van der Waals surface area contributed by atoms with Crippen molar-refractivity contribution in [2.24, 2.45) is 0 Å². The maximum absolute atomic E-state index is 12.5. The molecular formula is C24H27NO5S. The molecule has 3 rings (SSSR count). The highest BCUT2D eigenvalue weighted by Gasteiger charge is 2.22. The lowest BCUT2D eigenvalue weighted by Gasteiger charge is -2.05. The van der Waals surface area contributed by atoms with E-state index >= 15 is 0 Å². The second-order valence-corrected chi connectivity index (χ2v) is 9.72. The zero-order valence-corrected chi connectivity index (χ0v) is 18.9. The standard InChI is InChI=1S/C24H27NO5S/c1-17-7-11-20(12-8-17)24-25-23(18(2)30-24)16-31(27,28)15-21(26)6-4-5-19-9-13-22(29-3)14-10-19/h7-14H,4-6,15-16H2,1-3H3. The fourth-order valence-corrected chi connectivity index (χ4v) is 4.66. The number of sulfone groups is 1. The molecule has 31 heavy (non-hydrogen) atoms. The molecule has 6 nitrogen and oxygen atoms in total. The van der Waals surface area contributed by atoms with Crippen LogP contribution in [0.5, 0.6) is 5.75 Å². The van der Waals surface area contributed by atoms with E-state index in [0.717, 1.165) is 22.4 Å². The summed E-state index contributed by atoms with van der Waals surface area (Å²) in [6.45, 7) is 3.67. The van der Waals surface area contributed by atoms with E-state index in [0.29, 0.717) is 30.2 Å². The van der Waals surface area contributed by atoms with Crippen LogP contribution in [0, 0.1) is 13.8 Å². The molecule has 0 N–H and O–H groups in total. The number of oxazole rings is 1. The van der Waals surface area contributed by atoms with Gasteiger partial charge in [-0.2, -0.15) is 0 Å². The van der Waals surface area contributed by atoms with Gasteiger partial charge < -0.3 is 9.15 Å². The first-order valence-corrected chi connectivity index (χ1v) is 12.0. The fraction of sp³-hybridized carbons (Fsp3) is 0.333. The van der Waals surface area contributed by atoms with Gasteiger partial charge in [0.05, 0.1) is 18.6 Å². The predicted molar refractivity (Wildman–Crippen MR) is 120 cm³/mol. The highest BCUT2D eigenvalue weighted by Crippen LogP contribution is 2.23. The quantitative estimate of drug-likeness (QED) is 0.461. The third-order valence-corrected chi connectivity index (χ3v) is 6.48. The van der Waals surface area contributed by atoms with E-state index in [1.54, 1.807) is 14.0 Å². The number of ether oxygens (including phenoxy) is 1. The topological polar surface area (TPSA) is 86.5 Å². The number of hydrogen-bond acceptors (Lipinski definition) is 6. The van der Waals surface area contributed by atoms with Gasteiger partial charge in [-0.15, -0.1) is 0 Å². The number of benzene rings is 2. The lowest BCUT2D eigenvalue weighted by molar-refractivity contribution is -0.116. The summed E-state index contributed by atoms with van der Waals surface area (Å²) in [4.78, 5) is 16.6. The maximum atomic E-state index is 12.5. The minimum Gasteiger partial charge on any atom is -0.497 e. The van der Waals surface area contributed by atoms with Crippen LogP contribution in [0.1, 0.15) is 35.4 Å². The van der Waals surface area contributed by atoms with Gasteiger partial charge in [-0.05, 0) is 56.5 Å². The molecule has 1 heterocycles. The highest BCUT2D eigenvalue weighted by atomic mass is 32.2. The van der Waals surface area contributed by atoms with Crippen molar-refractivity contribution in [3.63, 3.8) is 0 Å². The van der Waals surface area contributed by atoms with Crippen molar-refractivity contribution in [2.45, 2.75) is 38.9 Å². The minimum absolute atomic E-state index is 0.220. The van der Waals surface area contributed by atoms with Crippen molar-refractivity contribution in [2.75, 3.05) is 12.9 Å². The van der Waals surface area contributed by atoms with Crippen LogP contribution >= 0.6 is 0 Å². The van der Waals surface area contributed by atoms with Crippen LogP contribution in [0.3, 0.4) is 0 Å². The predicted octanol–water partition coefficient (Wildman–Crippen LogP) is 4.47. The van der Waals surface area contributed by atoms with Crippen LogP contribution in [0.25, 0.3) is 11.5 Å². The van der Waals surface area contributed by atoms with Crippen LogP contribution in [0.2, 0.25) is 0 Å². The van der Waals surface area contributed by atoms with Crippen molar-refractivity contribution in [3.8, 4) is 17.2 Å². The van der Waals surface area contributed by atoms with E-state index in [2.05, 4.69) is 4.98 Å². The van der Waals surface area contributed by atoms with Gasteiger partial charge in [0.25, 0.3) is 0 Å². The third-order valence-electron chi connectivity index (χ3n) is 5.01. The summed E-state index contributed by atoms with van der Waals surface area (Å²) in [7, 11) is -2.02. The maximum Gasteiger partial charge on any atom is 0.226 e. The fourth-order valence-electron chi connectivity index (χ4n) is 3.24. The number of aryl methyl sites for hydroxylation is 3. The normalized spacial score (nSPS) is 11.5. The Labute approximate surface area is 183 Å². The van der Waals surface area contributed by atoms with Crippen LogP contribution in [-0.2, 0) is 26.8 Å². The first kappa shape index (κ1) is 22.7. The number of rotatable bonds is 10. The summed E-state index contributed by atoms with van der Waals surface area (Å²) in [5.74, 6) is 0.535. The van der Waals surface area contributed by atoms with Crippen molar-refractivity contribution in [1.82, 2.24) is 4.98 Å². The van der Waals surface area contributed by atoms with Crippen molar-refractivity contribution >= 4 is 15.6 Å².